The van der Waals surface area contributed by atoms with Gasteiger partial charge in [-0.25, -0.2) is 9.82 Å². The average Bonchev–Trinajstić information content (AvgIpc) is 3.37. The summed E-state index contributed by atoms with van der Waals surface area (Å²) in [7, 11) is 0. The molecule has 0 bridgehead atoms. The predicted molar refractivity (Wildman–Crippen MR) is 98.1 cm³/mol. The Hall–Kier alpha value is -2.49. The van der Waals surface area contributed by atoms with E-state index in [1.54, 1.807) is 18.2 Å². The summed E-state index contributed by atoms with van der Waals surface area (Å²) in [5.41, 5.74) is 5.47. The highest BCUT2D eigenvalue weighted by Gasteiger charge is 2.43. The molecule has 0 saturated heterocycles. The number of hydrogen-bond acceptors (Lipinski definition) is 2. The molecule has 1 saturated carbocycles. The van der Waals surface area contributed by atoms with Crippen LogP contribution in [-0.2, 0) is 10.2 Å². The van der Waals surface area contributed by atoms with E-state index in [2.05, 4.69) is 55.6 Å². The Bertz CT molecular complexity index is 790. The van der Waals surface area contributed by atoms with Gasteiger partial charge in [-0.3, -0.25) is 4.79 Å². The highest BCUT2D eigenvalue weighted by Crippen LogP contribution is 2.47. The van der Waals surface area contributed by atoms with Crippen LogP contribution in [0.4, 0.5) is 4.39 Å². The minimum absolute atomic E-state index is 0.0572. The van der Waals surface area contributed by atoms with E-state index in [9.17, 15) is 9.18 Å². The Morgan fingerprint density at radius 2 is 1.84 bits per heavy atom. The van der Waals surface area contributed by atoms with Gasteiger partial charge in [0.2, 0.25) is 5.91 Å². The summed E-state index contributed by atoms with van der Waals surface area (Å²) >= 11 is 0. The molecule has 1 N–H and O–H groups in total. The second-order valence-corrected chi connectivity index (χ2v) is 7.58. The van der Waals surface area contributed by atoms with Gasteiger partial charge >= 0.3 is 0 Å². The molecule has 1 amide bonds. The first-order valence-corrected chi connectivity index (χ1v) is 8.54. The first kappa shape index (κ1) is 17.3. The van der Waals surface area contributed by atoms with Gasteiger partial charge in [-0.1, -0.05) is 63.2 Å². The topological polar surface area (TPSA) is 41.5 Å². The standard InChI is InChI=1S/C21H23FN2O/c1-21(2,3)16-10-8-14(9-11-16)17-12-18(17)20(25)24-23-13-15-6-4-5-7-19(15)22/h4-11,13,17-18H,12H2,1-3H3,(H,24,25). The van der Waals surface area contributed by atoms with Crippen molar-refractivity contribution in [2.75, 3.05) is 0 Å². The Morgan fingerprint density at radius 3 is 2.48 bits per heavy atom. The van der Waals surface area contributed by atoms with E-state index in [4.69, 9.17) is 0 Å². The average molecular weight is 338 g/mol. The van der Waals surface area contributed by atoms with Crippen molar-refractivity contribution in [3.63, 3.8) is 0 Å². The van der Waals surface area contributed by atoms with Crippen LogP contribution in [0.25, 0.3) is 0 Å². The fraction of sp³-hybridized carbons (Fsp3) is 0.333. The van der Waals surface area contributed by atoms with Gasteiger partial charge < -0.3 is 0 Å². The molecule has 0 aromatic heterocycles. The van der Waals surface area contributed by atoms with E-state index in [1.807, 2.05) is 0 Å². The summed E-state index contributed by atoms with van der Waals surface area (Å²) in [5.74, 6) is -0.280. The van der Waals surface area contributed by atoms with E-state index in [-0.39, 0.29) is 29.0 Å². The maximum atomic E-state index is 13.5. The number of hydrogen-bond donors (Lipinski definition) is 1. The van der Waals surface area contributed by atoms with Crippen LogP contribution in [0.3, 0.4) is 0 Å². The van der Waals surface area contributed by atoms with Crippen molar-refractivity contribution in [3.05, 3.63) is 71.0 Å². The van der Waals surface area contributed by atoms with Crippen LogP contribution in [0.1, 0.15) is 49.8 Å². The zero-order valence-corrected chi connectivity index (χ0v) is 14.8. The van der Waals surface area contributed by atoms with Crippen LogP contribution < -0.4 is 5.43 Å². The van der Waals surface area contributed by atoms with Gasteiger partial charge in [0.25, 0.3) is 0 Å². The van der Waals surface area contributed by atoms with E-state index < -0.39 is 0 Å². The summed E-state index contributed by atoms with van der Waals surface area (Å²) in [5, 5.41) is 3.87. The van der Waals surface area contributed by atoms with Crippen molar-refractivity contribution in [3.8, 4) is 0 Å². The molecule has 1 aliphatic rings. The molecule has 4 heteroatoms. The number of halogens is 1. The van der Waals surface area contributed by atoms with Gasteiger partial charge in [-0.05, 0) is 34.9 Å². The molecule has 25 heavy (non-hydrogen) atoms. The van der Waals surface area contributed by atoms with Crippen molar-refractivity contribution < 1.29 is 9.18 Å². The number of carbonyl (C=O) groups excluding carboxylic acids is 1. The molecule has 2 aromatic carbocycles. The van der Waals surface area contributed by atoms with Crippen LogP contribution in [0, 0.1) is 11.7 Å². The molecule has 0 radical (unpaired) electrons. The van der Waals surface area contributed by atoms with E-state index in [0.29, 0.717) is 5.56 Å². The third kappa shape index (κ3) is 4.13. The Kier molecular flexibility index (Phi) is 4.71. The molecule has 3 nitrogen and oxygen atoms in total. The molecule has 2 aromatic rings. The molecular weight excluding hydrogens is 315 g/mol. The maximum absolute atomic E-state index is 13.5. The fourth-order valence-electron chi connectivity index (χ4n) is 2.91. The second kappa shape index (κ2) is 6.79. The lowest BCUT2D eigenvalue weighted by Gasteiger charge is -2.19. The van der Waals surface area contributed by atoms with E-state index in [0.717, 1.165) is 6.42 Å². The molecule has 0 aliphatic heterocycles. The van der Waals surface area contributed by atoms with Crippen molar-refractivity contribution >= 4 is 12.1 Å². The van der Waals surface area contributed by atoms with Crippen LogP contribution in [0.2, 0.25) is 0 Å². The summed E-state index contributed by atoms with van der Waals surface area (Å²) in [6.07, 6.45) is 2.17. The quantitative estimate of drug-likeness (QED) is 0.652. The van der Waals surface area contributed by atoms with Crippen LogP contribution in [0.15, 0.2) is 53.6 Å². The molecule has 3 rings (SSSR count). The first-order chi connectivity index (χ1) is 11.9. The smallest absolute Gasteiger partial charge is 0.243 e. The van der Waals surface area contributed by atoms with Gasteiger partial charge in [-0.15, -0.1) is 0 Å². The lowest BCUT2D eigenvalue weighted by Crippen LogP contribution is -2.20. The van der Waals surface area contributed by atoms with Crippen molar-refractivity contribution in [2.24, 2.45) is 11.0 Å². The Labute approximate surface area is 148 Å². The summed E-state index contributed by atoms with van der Waals surface area (Å²) in [4.78, 5) is 12.2. The van der Waals surface area contributed by atoms with Gasteiger partial charge in [0.15, 0.2) is 0 Å². The Balaban J connectivity index is 1.56. The number of rotatable bonds is 4. The molecule has 0 spiro atoms. The molecule has 2 unspecified atom stereocenters. The molecule has 0 heterocycles. The molecule has 2 atom stereocenters. The van der Waals surface area contributed by atoms with Gasteiger partial charge in [0.05, 0.1) is 6.21 Å². The zero-order valence-electron chi connectivity index (χ0n) is 14.8. The highest BCUT2D eigenvalue weighted by atomic mass is 19.1. The number of nitrogens with zero attached hydrogens (tertiary/aromatic N) is 1. The van der Waals surface area contributed by atoms with Crippen molar-refractivity contribution in [1.29, 1.82) is 0 Å². The minimum atomic E-state index is -0.358. The second-order valence-electron chi connectivity index (χ2n) is 7.58. The Morgan fingerprint density at radius 1 is 1.16 bits per heavy atom. The predicted octanol–water partition coefficient (Wildman–Crippen LogP) is 4.38. The molecule has 1 aliphatic carbocycles. The van der Waals surface area contributed by atoms with Crippen LogP contribution in [0.5, 0.6) is 0 Å². The van der Waals surface area contributed by atoms with Gasteiger partial charge in [0.1, 0.15) is 5.82 Å². The third-order valence-electron chi connectivity index (χ3n) is 4.62. The molecular formula is C21H23FN2O. The number of nitrogens with one attached hydrogen (secondary N) is 1. The van der Waals surface area contributed by atoms with Crippen LogP contribution >= 0.6 is 0 Å². The summed E-state index contributed by atoms with van der Waals surface area (Å²) in [6, 6.07) is 14.8. The van der Waals surface area contributed by atoms with Crippen molar-refractivity contribution in [2.45, 2.75) is 38.5 Å². The largest absolute Gasteiger partial charge is 0.273 e. The summed E-state index contributed by atoms with van der Waals surface area (Å²) in [6.45, 7) is 6.55. The van der Waals surface area contributed by atoms with Gasteiger partial charge in [-0.2, -0.15) is 5.10 Å². The third-order valence-corrected chi connectivity index (χ3v) is 4.62. The lowest BCUT2D eigenvalue weighted by atomic mass is 9.86. The lowest BCUT2D eigenvalue weighted by molar-refractivity contribution is -0.122. The minimum Gasteiger partial charge on any atom is -0.273 e. The number of carbonyl (C=O) groups is 1. The molecule has 130 valence electrons. The van der Waals surface area contributed by atoms with Gasteiger partial charge in [0, 0.05) is 11.5 Å². The van der Waals surface area contributed by atoms with Crippen LogP contribution in [-0.4, -0.2) is 12.1 Å². The summed E-state index contributed by atoms with van der Waals surface area (Å²) < 4.78 is 13.5. The number of benzene rings is 2. The maximum Gasteiger partial charge on any atom is 0.243 e. The number of hydrazone groups is 1. The normalized spacial score (nSPS) is 19.8. The number of amides is 1. The monoisotopic (exact) mass is 338 g/mol. The SMILES string of the molecule is CC(C)(C)c1ccc(C2CC2C(=O)NN=Cc2ccccc2F)cc1. The van der Waals surface area contributed by atoms with Crippen molar-refractivity contribution in [1.82, 2.24) is 5.43 Å². The zero-order chi connectivity index (χ0) is 18.0. The van der Waals surface area contributed by atoms with E-state index in [1.165, 1.54) is 23.4 Å². The molecule has 1 fully saturated rings. The highest BCUT2D eigenvalue weighted by molar-refractivity contribution is 5.85. The van der Waals surface area contributed by atoms with E-state index >= 15 is 0 Å². The first-order valence-electron chi connectivity index (χ1n) is 8.54. The fourth-order valence-corrected chi connectivity index (χ4v) is 2.91.